The first-order valence-electron chi connectivity index (χ1n) is 6.95. The summed E-state index contributed by atoms with van der Waals surface area (Å²) in [5, 5.41) is 9.43. The number of nitriles is 1. The van der Waals surface area contributed by atoms with Crippen LogP contribution in [-0.4, -0.2) is 5.78 Å². The number of ketones is 1. The van der Waals surface area contributed by atoms with Crippen LogP contribution in [0.5, 0.6) is 0 Å². The fourth-order valence-electron chi connectivity index (χ4n) is 2.96. The van der Waals surface area contributed by atoms with Crippen LogP contribution in [0.25, 0.3) is 0 Å². The molecule has 0 radical (unpaired) electrons. The number of unbranched alkanes of at least 4 members (excludes halogenated alkanes) is 3. The minimum Gasteiger partial charge on any atom is -0.297 e. The van der Waals surface area contributed by atoms with Crippen LogP contribution in [0.4, 0.5) is 0 Å². The molecule has 1 aliphatic rings. The van der Waals surface area contributed by atoms with Gasteiger partial charge in [0.2, 0.25) is 0 Å². The van der Waals surface area contributed by atoms with Crippen molar-refractivity contribution in [3.05, 3.63) is 0 Å². The predicted molar refractivity (Wildman–Crippen MR) is 69.4 cm³/mol. The van der Waals surface area contributed by atoms with Crippen molar-refractivity contribution in [2.45, 2.75) is 72.1 Å². The van der Waals surface area contributed by atoms with Gasteiger partial charge in [-0.15, -0.1) is 0 Å². The second kappa shape index (κ2) is 5.67. The monoisotopic (exact) mass is 235 g/mol. The molecule has 0 heterocycles. The summed E-state index contributed by atoms with van der Waals surface area (Å²) in [6, 6.07) is 2.35. The Morgan fingerprint density at radius 2 is 1.94 bits per heavy atom. The van der Waals surface area contributed by atoms with E-state index in [2.05, 4.69) is 13.0 Å². The normalized spacial score (nSPS) is 27.8. The van der Waals surface area contributed by atoms with Crippen LogP contribution in [0, 0.1) is 22.2 Å². The molecule has 0 amide bonds. The maximum Gasteiger partial charge on any atom is 0.158 e. The molecule has 0 aromatic heterocycles. The van der Waals surface area contributed by atoms with Crippen molar-refractivity contribution in [2.75, 3.05) is 0 Å². The van der Waals surface area contributed by atoms with E-state index in [0.29, 0.717) is 0 Å². The van der Waals surface area contributed by atoms with E-state index in [1.165, 1.54) is 12.8 Å². The third kappa shape index (κ3) is 3.09. The van der Waals surface area contributed by atoms with E-state index >= 15 is 0 Å². The first-order valence-corrected chi connectivity index (χ1v) is 6.95. The van der Waals surface area contributed by atoms with Crippen molar-refractivity contribution < 1.29 is 4.79 Å². The lowest BCUT2D eigenvalue weighted by atomic mass is 9.61. The number of hydrogen-bond donors (Lipinski definition) is 0. The molecule has 1 unspecified atom stereocenters. The highest BCUT2D eigenvalue weighted by Crippen LogP contribution is 2.45. The molecule has 0 spiro atoms. The van der Waals surface area contributed by atoms with Crippen LogP contribution in [0.2, 0.25) is 0 Å². The maximum absolute atomic E-state index is 12.4. The molecule has 0 saturated heterocycles. The van der Waals surface area contributed by atoms with E-state index < -0.39 is 5.41 Å². The second-order valence-corrected chi connectivity index (χ2v) is 6.07. The summed E-state index contributed by atoms with van der Waals surface area (Å²) in [5.74, 6) is 0.190. The first-order chi connectivity index (χ1) is 7.98. The van der Waals surface area contributed by atoms with E-state index in [9.17, 15) is 10.1 Å². The minimum atomic E-state index is -0.671. The van der Waals surface area contributed by atoms with Crippen molar-refractivity contribution in [3.8, 4) is 6.07 Å². The lowest BCUT2D eigenvalue weighted by Gasteiger charge is -2.39. The van der Waals surface area contributed by atoms with Crippen molar-refractivity contribution in [1.29, 1.82) is 5.26 Å². The quantitative estimate of drug-likeness (QED) is 0.668. The van der Waals surface area contributed by atoms with Gasteiger partial charge in [0.1, 0.15) is 5.41 Å². The van der Waals surface area contributed by atoms with Gasteiger partial charge in [0.25, 0.3) is 0 Å². The molecule has 1 rings (SSSR count). The Bertz CT molecular complexity index is 313. The lowest BCUT2D eigenvalue weighted by Crippen LogP contribution is -2.43. The molecule has 17 heavy (non-hydrogen) atoms. The number of carbonyl (C=O) groups is 1. The fraction of sp³-hybridized carbons (Fsp3) is 0.867. The van der Waals surface area contributed by atoms with Crippen LogP contribution in [-0.2, 0) is 4.79 Å². The van der Waals surface area contributed by atoms with Gasteiger partial charge in [0.05, 0.1) is 6.07 Å². The zero-order valence-electron chi connectivity index (χ0n) is 11.5. The molecule has 1 aliphatic carbocycles. The molecule has 0 N–H and O–H groups in total. The number of carbonyl (C=O) groups excluding carboxylic acids is 1. The summed E-state index contributed by atoms with van der Waals surface area (Å²) in [7, 11) is 0. The van der Waals surface area contributed by atoms with Crippen LogP contribution in [0.1, 0.15) is 72.1 Å². The molecule has 1 saturated carbocycles. The number of rotatable bonds is 5. The molecule has 2 heteroatoms. The average molecular weight is 235 g/mol. The highest BCUT2D eigenvalue weighted by molar-refractivity contribution is 5.92. The fourth-order valence-corrected chi connectivity index (χ4v) is 2.96. The predicted octanol–water partition coefficient (Wildman–Crippen LogP) is 4.25. The number of hydrogen-bond acceptors (Lipinski definition) is 2. The molecular weight excluding hydrogens is 210 g/mol. The van der Waals surface area contributed by atoms with Gasteiger partial charge in [-0.25, -0.2) is 0 Å². The van der Waals surface area contributed by atoms with Crippen molar-refractivity contribution in [1.82, 2.24) is 0 Å². The van der Waals surface area contributed by atoms with Gasteiger partial charge >= 0.3 is 0 Å². The Kier molecular flexibility index (Phi) is 4.74. The minimum absolute atomic E-state index is 0.190. The maximum atomic E-state index is 12.4. The zero-order chi connectivity index (χ0) is 12.9. The third-order valence-electron chi connectivity index (χ3n) is 4.13. The van der Waals surface area contributed by atoms with Crippen LogP contribution < -0.4 is 0 Å². The lowest BCUT2D eigenvalue weighted by molar-refractivity contribution is -0.138. The highest BCUT2D eigenvalue weighted by atomic mass is 16.1. The van der Waals surface area contributed by atoms with Gasteiger partial charge in [-0.1, -0.05) is 52.9 Å². The standard InChI is InChI=1S/C15H25NO/c1-4-5-6-7-10-15(12-16)11-8-9-14(2,3)13(15)17/h4-11H2,1-3H3. The van der Waals surface area contributed by atoms with Gasteiger partial charge in [-0.05, 0) is 19.3 Å². The summed E-state index contributed by atoms with van der Waals surface area (Å²) < 4.78 is 0. The van der Waals surface area contributed by atoms with E-state index in [1.54, 1.807) is 0 Å². The van der Waals surface area contributed by atoms with Gasteiger partial charge < -0.3 is 0 Å². The number of Topliss-reactive ketones (excluding diaryl/α,β-unsaturated/α-hetero) is 1. The SMILES string of the molecule is CCCCCCC1(C#N)CCCC(C)(C)C1=O. The first kappa shape index (κ1) is 14.2. The van der Waals surface area contributed by atoms with Gasteiger partial charge in [0, 0.05) is 5.41 Å². The van der Waals surface area contributed by atoms with Crippen LogP contribution in [0.3, 0.4) is 0 Å². The largest absolute Gasteiger partial charge is 0.297 e. The van der Waals surface area contributed by atoms with Gasteiger partial charge in [-0.3, -0.25) is 4.79 Å². The summed E-state index contributed by atoms with van der Waals surface area (Å²) in [6.45, 7) is 6.16. The summed E-state index contributed by atoms with van der Waals surface area (Å²) in [5.41, 5.74) is -0.964. The van der Waals surface area contributed by atoms with Crippen molar-refractivity contribution in [2.24, 2.45) is 10.8 Å². The molecule has 1 fully saturated rings. The Hall–Kier alpha value is -0.840. The topological polar surface area (TPSA) is 40.9 Å². The van der Waals surface area contributed by atoms with Crippen LogP contribution in [0.15, 0.2) is 0 Å². The van der Waals surface area contributed by atoms with Crippen molar-refractivity contribution in [3.63, 3.8) is 0 Å². The van der Waals surface area contributed by atoms with Gasteiger partial charge in [-0.2, -0.15) is 5.26 Å². The van der Waals surface area contributed by atoms with E-state index in [1.807, 2.05) is 13.8 Å². The molecule has 0 bridgehead atoms. The molecule has 1 atom stereocenters. The number of nitrogens with zero attached hydrogens (tertiary/aromatic N) is 1. The molecular formula is C15H25NO. The zero-order valence-corrected chi connectivity index (χ0v) is 11.5. The smallest absolute Gasteiger partial charge is 0.158 e. The third-order valence-corrected chi connectivity index (χ3v) is 4.13. The Morgan fingerprint density at radius 1 is 1.24 bits per heavy atom. The average Bonchev–Trinajstić information content (AvgIpc) is 2.30. The molecule has 0 aromatic rings. The Balaban J connectivity index is 2.68. The summed E-state index contributed by atoms with van der Waals surface area (Å²) in [4.78, 5) is 12.4. The Morgan fingerprint density at radius 3 is 2.53 bits per heavy atom. The van der Waals surface area contributed by atoms with E-state index in [0.717, 1.165) is 38.5 Å². The Labute approximate surface area is 105 Å². The summed E-state index contributed by atoms with van der Waals surface area (Å²) >= 11 is 0. The van der Waals surface area contributed by atoms with E-state index in [-0.39, 0.29) is 11.2 Å². The summed E-state index contributed by atoms with van der Waals surface area (Å²) in [6.07, 6.45) is 8.06. The molecule has 96 valence electrons. The van der Waals surface area contributed by atoms with Gasteiger partial charge in [0.15, 0.2) is 5.78 Å². The molecule has 2 nitrogen and oxygen atoms in total. The molecule has 0 aromatic carbocycles. The van der Waals surface area contributed by atoms with E-state index in [4.69, 9.17) is 0 Å². The van der Waals surface area contributed by atoms with Crippen LogP contribution >= 0.6 is 0 Å². The van der Waals surface area contributed by atoms with Crippen molar-refractivity contribution >= 4 is 5.78 Å². The highest BCUT2D eigenvalue weighted by Gasteiger charge is 2.48. The second-order valence-electron chi connectivity index (χ2n) is 6.07. The molecule has 0 aliphatic heterocycles.